The van der Waals surface area contributed by atoms with E-state index in [1.54, 1.807) is 45.2 Å². The quantitative estimate of drug-likeness (QED) is 0.651. The molecule has 7 nitrogen and oxygen atoms in total. The molecular formula is C19H18BFN4O3. The second-order valence-electron chi connectivity index (χ2n) is 6.25. The van der Waals surface area contributed by atoms with Crippen LogP contribution in [0.3, 0.4) is 0 Å². The van der Waals surface area contributed by atoms with Crippen molar-refractivity contribution in [2.24, 2.45) is 7.05 Å². The monoisotopic (exact) mass is 380 g/mol. The maximum atomic E-state index is 14.8. The Morgan fingerprint density at radius 2 is 2.14 bits per heavy atom. The average molecular weight is 380 g/mol. The molecule has 9 heteroatoms. The van der Waals surface area contributed by atoms with Crippen LogP contribution in [0.15, 0.2) is 35.1 Å². The number of ether oxygens (including phenoxy) is 2. The van der Waals surface area contributed by atoms with Crippen LogP contribution in [0.5, 0.6) is 17.2 Å². The molecular weight excluding hydrogens is 362 g/mol. The summed E-state index contributed by atoms with van der Waals surface area (Å²) in [5.74, 6) is 0.222. The molecule has 0 spiro atoms. The van der Waals surface area contributed by atoms with E-state index in [4.69, 9.17) is 9.47 Å². The van der Waals surface area contributed by atoms with Crippen LogP contribution in [0.2, 0.25) is 0 Å². The first-order valence-corrected chi connectivity index (χ1v) is 8.67. The standard InChI is InChI=1S/C19H18BFN4O3/c1-3-11-6-12(9-22)8-13(7-11)28-18-15(5-4-14(20)17(18)21)27-10-16-23-24-19(26)25(16)2/h4-8H,3,10,20H2,1-2H3,(H,24,26). The number of rotatable bonds is 6. The third-order valence-corrected chi connectivity index (χ3v) is 4.31. The fourth-order valence-electron chi connectivity index (χ4n) is 2.60. The number of hydrogen-bond acceptors (Lipinski definition) is 5. The van der Waals surface area contributed by atoms with Gasteiger partial charge in [-0.05, 0) is 41.7 Å². The highest BCUT2D eigenvalue weighted by Gasteiger charge is 2.17. The molecule has 1 heterocycles. The fraction of sp³-hybridized carbons (Fsp3) is 0.211. The summed E-state index contributed by atoms with van der Waals surface area (Å²) in [4.78, 5) is 11.5. The lowest BCUT2D eigenvalue weighted by atomic mass is 9.95. The Hall–Kier alpha value is -3.54. The SMILES string of the molecule is Bc1ccc(OCc2n[nH]c(=O)n2C)c(Oc2cc(C#N)cc(CC)c2)c1F. The second kappa shape index (κ2) is 8.00. The normalized spacial score (nSPS) is 10.5. The number of hydrogen-bond donors (Lipinski definition) is 1. The van der Waals surface area contributed by atoms with Crippen molar-refractivity contribution in [1.29, 1.82) is 5.26 Å². The minimum atomic E-state index is -0.561. The van der Waals surface area contributed by atoms with Crippen LogP contribution >= 0.6 is 0 Å². The molecule has 0 amide bonds. The molecule has 0 fully saturated rings. The van der Waals surface area contributed by atoms with Crippen molar-refractivity contribution in [1.82, 2.24) is 14.8 Å². The van der Waals surface area contributed by atoms with E-state index in [9.17, 15) is 14.4 Å². The number of aromatic amines is 1. The van der Waals surface area contributed by atoms with E-state index in [0.29, 0.717) is 29.0 Å². The number of aryl methyl sites for hydroxylation is 1. The van der Waals surface area contributed by atoms with Gasteiger partial charge in [-0.1, -0.05) is 13.0 Å². The highest BCUT2D eigenvalue weighted by atomic mass is 19.1. The number of nitriles is 1. The van der Waals surface area contributed by atoms with Crippen LogP contribution in [0, 0.1) is 17.1 Å². The minimum Gasteiger partial charge on any atom is -0.482 e. The molecule has 0 aliphatic carbocycles. The molecule has 0 aliphatic rings. The van der Waals surface area contributed by atoms with E-state index >= 15 is 0 Å². The lowest BCUT2D eigenvalue weighted by Gasteiger charge is -2.15. The largest absolute Gasteiger partial charge is 0.482 e. The zero-order valence-corrected chi connectivity index (χ0v) is 15.7. The van der Waals surface area contributed by atoms with Gasteiger partial charge in [0.1, 0.15) is 20.2 Å². The number of nitrogens with one attached hydrogen (secondary N) is 1. The lowest BCUT2D eigenvalue weighted by molar-refractivity contribution is 0.274. The van der Waals surface area contributed by atoms with Gasteiger partial charge in [0.15, 0.2) is 17.4 Å². The summed E-state index contributed by atoms with van der Waals surface area (Å²) >= 11 is 0. The van der Waals surface area contributed by atoms with Gasteiger partial charge in [0, 0.05) is 7.05 Å². The molecule has 1 N–H and O–H groups in total. The number of halogens is 1. The van der Waals surface area contributed by atoms with Crippen LogP contribution in [0.25, 0.3) is 0 Å². The second-order valence-corrected chi connectivity index (χ2v) is 6.25. The van der Waals surface area contributed by atoms with Gasteiger partial charge in [0.25, 0.3) is 0 Å². The van der Waals surface area contributed by atoms with Crippen LogP contribution in [-0.4, -0.2) is 22.6 Å². The van der Waals surface area contributed by atoms with Crippen LogP contribution in [0.4, 0.5) is 4.39 Å². The Morgan fingerprint density at radius 3 is 2.79 bits per heavy atom. The van der Waals surface area contributed by atoms with Crippen molar-refractivity contribution in [3.05, 3.63) is 63.6 Å². The van der Waals surface area contributed by atoms with Crippen molar-refractivity contribution in [2.45, 2.75) is 20.0 Å². The van der Waals surface area contributed by atoms with Crippen LogP contribution in [-0.2, 0) is 20.1 Å². The number of nitrogens with zero attached hydrogens (tertiary/aromatic N) is 3. The highest BCUT2D eigenvalue weighted by Crippen LogP contribution is 2.34. The molecule has 0 radical (unpaired) electrons. The molecule has 28 heavy (non-hydrogen) atoms. The van der Waals surface area contributed by atoms with Gasteiger partial charge < -0.3 is 9.47 Å². The number of H-pyrrole nitrogens is 1. The first-order valence-electron chi connectivity index (χ1n) is 8.67. The summed E-state index contributed by atoms with van der Waals surface area (Å²) in [6.07, 6.45) is 0.707. The predicted molar refractivity (Wildman–Crippen MR) is 103 cm³/mol. The zero-order valence-electron chi connectivity index (χ0n) is 15.7. The third kappa shape index (κ3) is 3.91. The van der Waals surface area contributed by atoms with Crippen molar-refractivity contribution < 1.29 is 13.9 Å². The van der Waals surface area contributed by atoms with E-state index in [2.05, 4.69) is 16.3 Å². The van der Waals surface area contributed by atoms with Crippen molar-refractivity contribution in [3.8, 4) is 23.3 Å². The molecule has 0 atom stereocenters. The molecule has 2 aromatic carbocycles. The Balaban J connectivity index is 1.94. The van der Waals surface area contributed by atoms with Gasteiger partial charge in [-0.15, -0.1) is 0 Å². The number of benzene rings is 2. The molecule has 0 saturated heterocycles. The maximum absolute atomic E-state index is 14.8. The molecule has 3 aromatic rings. The van der Waals surface area contributed by atoms with E-state index in [1.165, 1.54) is 4.57 Å². The third-order valence-electron chi connectivity index (χ3n) is 4.31. The number of aromatic nitrogens is 3. The molecule has 0 bridgehead atoms. The molecule has 1 aromatic heterocycles. The van der Waals surface area contributed by atoms with Gasteiger partial charge >= 0.3 is 5.69 Å². The molecule has 0 unspecified atom stereocenters. The summed E-state index contributed by atoms with van der Waals surface area (Å²) < 4.78 is 27.5. The topological polar surface area (TPSA) is 92.9 Å². The molecule has 0 saturated carbocycles. The Labute approximate surface area is 161 Å². The fourth-order valence-corrected chi connectivity index (χ4v) is 2.60. The van der Waals surface area contributed by atoms with Crippen molar-refractivity contribution in [3.63, 3.8) is 0 Å². The van der Waals surface area contributed by atoms with E-state index < -0.39 is 5.82 Å². The average Bonchev–Trinajstić information content (AvgIpc) is 3.02. The van der Waals surface area contributed by atoms with Crippen molar-refractivity contribution >= 4 is 13.3 Å². The van der Waals surface area contributed by atoms with Gasteiger partial charge in [0.2, 0.25) is 5.75 Å². The maximum Gasteiger partial charge on any atom is 0.343 e. The summed E-state index contributed by atoms with van der Waals surface area (Å²) in [7, 11) is 3.17. The summed E-state index contributed by atoms with van der Waals surface area (Å²) in [5, 5.41) is 15.4. The van der Waals surface area contributed by atoms with E-state index in [1.807, 2.05) is 6.92 Å². The predicted octanol–water partition coefficient (Wildman–Crippen LogP) is 1.31. The molecule has 142 valence electrons. The van der Waals surface area contributed by atoms with Crippen LogP contribution in [0.1, 0.15) is 23.9 Å². The summed E-state index contributed by atoms with van der Waals surface area (Å²) in [5.41, 5.74) is 1.35. The first kappa shape index (κ1) is 19.2. The Morgan fingerprint density at radius 1 is 1.36 bits per heavy atom. The van der Waals surface area contributed by atoms with E-state index in [0.717, 1.165) is 5.56 Å². The van der Waals surface area contributed by atoms with E-state index in [-0.39, 0.29) is 23.8 Å². The van der Waals surface area contributed by atoms with Gasteiger partial charge in [-0.25, -0.2) is 14.3 Å². The molecule has 3 rings (SSSR count). The first-order chi connectivity index (χ1) is 13.4. The minimum absolute atomic E-state index is 0.0491. The zero-order chi connectivity index (χ0) is 20.3. The van der Waals surface area contributed by atoms with Crippen molar-refractivity contribution in [2.75, 3.05) is 0 Å². The lowest BCUT2D eigenvalue weighted by Crippen LogP contribution is -2.16. The van der Waals surface area contributed by atoms with Gasteiger partial charge in [0.05, 0.1) is 11.6 Å². The van der Waals surface area contributed by atoms with Gasteiger partial charge in [-0.3, -0.25) is 4.57 Å². The highest BCUT2D eigenvalue weighted by molar-refractivity contribution is 6.32. The van der Waals surface area contributed by atoms with Gasteiger partial charge in [-0.2, -0.15) is 10.4 Å². The summed E-state index contributed by atoms with van der Waals surface area (Å²) in [6, 6.07) is 10.3. The summed E-state index contributed by atoms with van der Waals surface area (Å²) in [6.45, 7) is 1.91. The van der Waals surface area contributed by atoms with Crippen LogP contribution < -0.4 is 20.6 Å². The Kier molecular flexibility index (Phi) is 5.50. The smallest absolute Gasteiger partial charge is 0.343 e. The Bertz CT molecular complexity index is 1120. The molecule has 0 aliphatic heterocycles.